The highest BCUT2D eigenvalue weighted by molar-refractivity contribution is 5.99. The van der Waals surface area contributed by atoms with E-state index < -0.39 is 6.04 Å². The van der Waals surface area contributed by atoms with Crippen molar-refractivity contribution in [1.29, 1.82) is 0 Å². The highest BCUT2D eigenvalue weighted by atomic mass is 16.5. The van der Waals surface area contributed by atoms with Crippen LogP contribution in [0.3, 0.4) is 0 Å². The molecule has 178 valence electrons. The topological polar surface area (TPSA) is 87.7 Å². The zero-order valence-corrected chi connectivity index (χ0v) is 19.7. The third-order valence-corrected chi connectivity index (χ3v) is 6.40. The molecule has 6 heteroatoms. The van der Waals surface area contributed by atoms with Gasteiger partial charge in [-0.1, -0.05) is 57.6 Å². The van der Waals surface area contributed by atoms with Crippen molar-refractivity contribution in [2.24, 2.45) is 5.92 Å². The molecule has 0 aliphatic heterocycles. The van der Waals surface area contributed by atoms with Gasteiger partial charge in [-0.2, -0.15) is 0 Å². The van der Waals surface area contributed by atoms with Gasteiger partial charge in [-0.3, -0.25) is 9.59 Å². The van der Waals surface area contributed by atoms with E-state index >= 15 is 0 Å². The number of phenols is 1. The van der Waals surface area contributed by atoms with Crippen LogP contribution >= 0.6 is 0 Å². The summed E-state index contributed by atoms with van der Waals surface area (Å²) >= 11 is 0. The number of rotatable bonds is 10. The van der Waals surface area contributed by atoms with Crippen molar-refractivity contribution in [3.63, 3.8) is 0 Å². The summed E-state index contributed by atoms with van der Waals surface area (Å²) < 4.78 is 5.20. The van der Waals surface area contributed by atoms with Crippen molar-refractivity contribution in [3.05, 3.63) is 48.0 Å². The second-order valence-electron chi connectivity index (χ2n) is 8.87. The third-order valence-electron chi connectivity index (χ3n) is 6.40. The first kappa shape index (κ1) is 24.6. The number of phenolic OH excluding ortho intramolecular Hbond substituents is 1. The fourth-order valence-electron chi connectivity index (χ4n) is 4.42. The molecular weight excluding hydrogens is 416 g/mol. The summed E-state index contributed by atoms with van der Waals surface area (Å²) in [6.07, 6.45) is 8.41. The van der Waals surface area contributed by atoms with Crippen LogP contribution in [0.1, 0.15) is 68.6 Å². The van der Waals surface area contributed by atoms with Gasteiger partial charge in [0.25, 0.3) is 5.91 Å². The lowest BCUT2D eigenvalue weighted by Gasteiger charge is -2.26. The number of benzene rings is 2. The second-order valence-corrected chi connectivity index (χ2v) is 8.87. The van der Waals surface area contributed by atoms with Gasteiger partial charge in [0.1, 0.15) is 17.5 Å². The van der Waals surface area contributed by atoms with E-state index in [9.17, 15) is 14.7 Å². The average Bonchev–Trinajstić information content (AvgIpc) is 2.84. The first-order valence-electron chi connectivity index (χ1n) is 12.1. The maximum atomic E-state index is 13.1. The maximum Gasteiger partial charge on any atom is 0.251 e. The fourth-order valence-corrected chi connectivity index (χ4v) is 4.42. The van der Waals surface area contributed by atoms with Crippen LogP contribution in [0, 0.1) is 5.92 Å². The van der Waals surface area contributed by atoms with E-state index in [2.05, 4.69) is 17.6 Å². The van der Waals surface area contributed by atoms with Crippen LogP contribution in [0.15, 0.2) is 42.5 Å². The Morgan fingerprint density at radius 1 is 1.09 bits per heavy atom. The van der Waals surface area contributed by atoms with Gasteiger partial charge in [-0.25, -0.2) is 0 Å². The minimum Gasteiger partial charge on any atom is -0.507 e. The molecule has 0 aromatic heterocycles. The van der Waals surface area contributed by atoms with E-state index in [1.54, 1.807) is 19.2 Å². The first-order valence-corrected chi connectivity index (χ1v) is 12.1. The fraction of sp³-hybridized carbons (Fsp3) is 0.481. The predicted octanol–water partition coefficient (Wildman–Crippen LogP) is 5.05. The van der Waals surface area contributed by atoms with E-state index in [4.69, 9.17) is 4.74 Å². The Kier molecular flexibility index (Phi) is 9.16. The van der Waals surface area contributed by atoms with Gasteiger partial charge in [0.05, 0.1) is 7.11 Å². The molecule has 1 aliphatic rings. The molecular formula is C27H36N2O4. The Hall–Kier alpha value is -3.02. The Balaban J connectivity index is 1.76. The predicted molar refractivity (Wildman–Crippen MR) is 130 cm³/mol. The van der Waals surface area contributed by atoms with E-state index in [0.29, 0.717) is 35.8 Å². The minimum absolute atomic E-state index is 0.0905. The summed E-state index contributed by atoms with van der Waals surface area (Å²) in [6.45, 7) is 2.70. The number of hydrogen-bond acceptors (Lipinski definition) is 4. The van der Waals surface area contributed by atoms with Crippen LogP contribution in [-0.4, -0.2) is 36.6 Å². The summed E-state index contributed by atoms with van der Waals surface area (Å²) in [5.41, 5.74) is 1.74. The number of methoxy groups -OCH3 is 1. The smallest absolute Gasteiger partial charge is 0.251 e. The molecule has 1 atom stereocenters. The largest absolute Gasteiger partial charge is 0.507 e. The molecule has 33 heavy (non-hydrogen) atoms. The van der Waals surface area contributed by atoms with Gasteiger partial charge in [-0.15, -0.1) is 0 Å². The lowest BCUT2D eigenvalue weighted by molar-refractivity contribution is -0.123. The van der Waals surface area contributed by atoms with Gasteiger partial charge in [0.15, 0.2) is 0 Å². The van der Waals surface area contributed by atoms with Crippen LogP contribution in [0.25, 0.3) is 11.1 Å². The SMILES string of the molecule is CCCCNC(=O)[C@H](CC1CCCCC1)NC(=O)c1ccc(O)c(-c2ccc(OC)cc2)c1. The Bertz CT molecular complexity index is 920. The molecule has 3 rings (SSSR count). The molecule has 3 N–H and O–H groups in total. The van der Waals surface area contributed by atoms with Crippen LogP contribution in [0.2, 0.25) is 0 Å². The molecule has 2 amide bonds. The average molecular weight is 453 g/mol. The molecule has 0 heterocycles. The van der Waals surface area contributed by atoms with E-state index in [0.717, 1.165) is 31.2 Å². The molecule has 0 spiro atoms. The van der Waals surface area contributed by atoms with Gasteiger partial charge in [0.2, 0.25) is 5.91 Å². The summed E-state index contributed by atoms with van der Waals surface area (Å²) in [7, 11) is 1.60. The third kappa shape index (κ3) is 6.98. The molecule has 2 aromatic rings. The molecule has 0 saturated heterocycles. The van der Waals surface area contributed by atoms with Crippen molar-refractivity contribution in [2.45, 2.75) is 64.3 Å². The molecule has 6 nitrogen and oxygen atoms in total. The van der Waals surface area contributed by atoms with Crippen molar-refractivity contribution in [1.82, 2.24) is 10.6 Å². The number of aromatic hydroxyl groups is 1. The molecule has 1 aliphatic carbocycles. The number of nitrogens with one attached hydrogen (secondary N) is 2. The van der Waals surface area contributed by atoms with Gasteiger partial charge in [-0.05, 0) is 54.7 Å². The summed E-state index contributed by atoms with van der Waals surface area (Å²) in [5.74, 6) is 0.836. The molecule has 0 bridgehead atoms. The van der Waals surface area contributed by atoms with Crippen LogP contribution in [0.4, 0.5) is 0 Å². The lowest BCUT2D eigenvalue weighted by atomic mass is 9.84. The van der Waals surface area contributed by atoms with E-state index in [-0.39, 0.29) is 17.6 Å². The van der Waals surface area contributed by atoms with Crippen molar-refractivity contribution >= 4 is 11.8 Å². The summed E-state index contributed by atoms with van der Waals surface area (Å²) in [5, 5.41) is 16.3. The van der Waals surface area contributed by atoms with Gasteiger partial charge >= 0.3 is 0 Å². The lowest BCUT2D eigenvalue weighted by Crippen LogP contribution is -2.48. The maximum absolute atomic E-state index is 13.1. The zero-order chi connectivity index (χ0) is 23.6. The Morgan fingerprint density at radius 3 is 2.48 bits per heavy atom. The highest BCUT2D eigenvalue weighted by Gasteiger charge is 2.26. The molecule has 1 saturated carbocycles. The van der Waals surface area contributed by atoms with Crippen LogP contribution in [0.5, 0.6) is 11.5 Å². The first-order chi connectivity index (χ1) is 16.0. The number of carbonyl (C=O) groups is 2. The van der Waals surface area contributed by atoms with E-state index in [1.807, 2.05) is 24.3 Å². The van der Waals surface area contributed by atoms with Crippen molar-refractivity contribution < 1.29 is 19.4 Å². The van der Waals surface area contributed by atoms with Crippen LogP contribution < -0.4 is 15.4 Å². The van der Waals surface area contributed by atoms with Gasteiger partial charge in [0, 0.05) is 17.7 Å². The van der Waals surface area contributed by atoms with Crippen LogP contribution in [-0.2, 0) is 4.79 Å². The minimum atomic E-state index is -0.560. The summed E-state index contributed by atoms with van der Waals surface area (Å²) in [4.78, 5) is 26.0. The second kappa shape index (κ2) is 12.3. The highest BCUT2D eigenvalue weighted by Crippen LogP contribution is 2.31. The molecule has 2 aromatic carbocycles. The molecule has 0 radical (unpaired) electrons. The Labute approximate surface area is 196 Å². The monoisotopic (exact) mass is 452 g/mol. The Morgan fingerprint density at radius 2 is 1.82 bits per heavy atom. The number of carbonyl (C=O) groups excluding carboxylic acids is 2. The molecule has 0 unspecified atom stereocenters. The standard InChI is InChI=1S/C27H36N2O4/c1-3-4-16-28-27(32)24(17-19-8-6-5-7-9-19)29-26(31)21-12-15-25(30)23(18-21)20-10-13-22(33-2)14-11-20/h10-15,18-19,24,30H,3-9,16-17H2,1-2H3,(H,28,32)(H,29,31)/t24-/m0/s1. The normalized spacial score (nSPS) is 15.0. The number of amides is 2. The van der Waals surface area contributed by atoms with Crippen molar-refractivity contribution in [3.8, 4) is 22.6 Å². The van der Waals surface area contributed by atoms with Crippen molar-refractivity contribution in [2.75, 3.05) is 13.7 Å². The van der Waals surface area contributed by atoms with Gasteiger partial charge < -0.3 is 20.5 Å². The zero-order valence-electron chi connectivity index (χ0n) is 19.7. The van der Waals surface area contributed by atoms with E-state index in [1.165, 1.54) is 25.3 Å². The molecule has 1 fully saturated rings. The number of ether oxygens (including phenoxy) is 1. The summed E-state index contributed by atoms with van der Waals surface area (Å²) in [6, 6.07) is 11.5. The number of unbranched alkanes of at least 4 members (excludes halogenated alkanes) is 1. The number of hydrogen-bond donors (Lipinski definition) is 3. The quantitative estimate of drug-likeness (QED) is 0.440.